The first-order valence-electron chi connectivity index (χ1n) is 8.46. The Morgan fingerprint density at radius 3 is 2.78 bits per heavy atom. The van der Waals surface area contributed by atoms with Gasteiger partial charge in [0.05, 0.1) is 24.1 Å². The van der Waals surface area contributed by atoms with Gasteiger partial charge in [0.15, 0.2) is 5.65 Å². The molecule has 0 atom stereocenters. The highest BCUT2D eigenvalue weighted by Gasteiger charge is 2.35. The number of carbonyl (C=O) groups is 1. The minimum absolute atomic E-state index is 0.0219. The van der Waals surface area contributed by atoms with Gasteiger partial charge < -0.3 is 4.90 Å². The largest absolute Gasteiger partial charge is 0.433 e. The molecule has 7 nitrogen and oxygen atoms in total. The van der Waals surface area contributed by atoms with Crippen LogP contribution in [0.25, 0.3) is 5.65 Å². The zero-order chi connectivity index (χ0) is 19.3. The van der Waals surface area contributed by atoms with Gasteiger partial charge in [0.25, 0.3) is 5.91 Å². The number of nitrogens with one attached hydrogen (secondary N) is 1. The summed E-state index contributed by atoms with van der Waals surface area (Å²) < 4.78 is 40.4. The van der Waals surface area contributed by atoms with Crippen molar-refractivity contribution in [1.29, 1.82) is 0 Å². The standard InChI is InChI=1S/C17H17F3N6O/c1-9-5-14(17(18,19)20)26-15(22-9)12(7-21-26)16(27)25(2)8-11-6-13(24-23-11)10-3-4-10/h5-7,10H,3-4,8H2,1-2H3,(H,23,24). The van der Waals surface area contributed by atoms with Crippen LogP contribution < -0.4 is 0 Å². The minimum atomic E-state index is -4.60. The van der Waals surface area contributed by atoms with Crippen LogP contribution in [0.4, 0.5) is 13.2 Å². The molecule has 3 heterocycles. The molecule has 1 aliphatic rings. The smallest absolute Gasteiger partial charge is 0.336 e. The molecule has 1 fully saturated rings. The van der Waals surface area contributed by atoms with Crippen LogP contribution in [0.15, 0.2) is 18.3 Å². The lowest BCUT2D eigenvalue weighted by Gasteiger charge is -2.15. The van der Waals surface area contributed by atoms with Crippen LogP contribution in [0.5, 0.6) is 0 Å². The Kier molecular flexibility index (Phi) is 3.93. The number of aryl methyl sites for hydroxylation is 1. The Morgan fingerprint density at radius 1 is 1.37 bits per heavy atom. The van der Waals surface area contributed by atoms with Crippen LogP contribution in [-0.2, 0) is 12.7 Å². The summed E-state index contributed by atoms with van der Waals surface area (Å²) in [5.74, 6) is 0.0300. The maximum Gasteiger partial charge on any atom is 0.433 e. The van der Waals surface area contributed by atoms with Crippen LogP contribution in [0, 0.1) is 6.92 Å². The molecule has 0 unspecified atom stereocenters. The normalized spacial score (nSPS) is 14.7. The molecule has 1 saturated carbocycles. The number of aromatic nitrogens is 5. The van der Waals surface area contributed by atoms with E-state index in [2.05, 4.69) is 20.3 Å². The van der Waals surface area contributed by atoms with Crippen molar-refractivity contribution in [2.45, 2.75) is 38.4 Å². The molecule has 3 aromatic rings. The summed E-state index contributed by atoms with van der Waals surface area (Å²) in [4.78, 5) is 18.3. The Morgan fingerprint density at radius 2 is 2.11 bits per heavy atom. The van der Waals surface area contributed by atoms with Crippen molar-refractivity contribution in [2.75, 3.05) is 7.05 Å². The summed E-state index contributed by atoms with van der Waals surface area (Å²) in [6.45, 7) is 1.71. The van der Waals surface area contributed by atoms with Gasteiger partial charge in [-0.3, -0.25) is 9.89 Å². The first kappa shape index (κ1) is 17.5. The van der Waals surface area contributed by atoms with Crippen LogP contribution in [0.3, 0.4) is 0 Å². The third kappa shape index (κ3) is 3.26. The number of alkyl halides is 3. The SMILES string of the molecule is Cc1cc(C(F)(F)F)n2ncc(C(=O)N(C)Cc3cc(C4CC4)n[nH]3)c2n1. The molecule has 1 aliphatic carbocycles. The lowest BCUT2D eigenvalue weighted by Crippen LogP contribution is -2.26. The maximum absolute atomic E-state index is 13.2. The number of halogens is 3. The third-order valence-corrected chi connectivity index (χ3v) is 4.52. The molecule has 27 heavy (non-hydrogen) atoms. The fourth-order valence-corrected chi connectivity index (χ4v) is 3.02. The fourth-order valence-electron chi connectivity index (χ4n) is 3.02. The van der Waals surface area contributed by atoms with E-state index in [1.807, 2.05) is 6.07 Å². The van der Waals surface area contributed by atoms with Crippen molar-refractivity contribution in [1.82, 2.24) is 29.7 Å². The van der Waals surface area contributed by atoms with E-state index in [-0.39, 0.29) is 23.4 Å². The quantitative estimate of drug-likeness (QED) is 0.757. The highest BCUT2D eigenvalue weighted by Crippen LogP contribution is 2.39. The monoisotopic (exact) mass is 378 g/mol. The first-order valence-corrected chi connectivity index (χ1v) is 8.46. The van der Waals surface area contributed by atoms with Gasteiger partial charge in [-0.1, -0.05) is 0 Å². The molecule has 0 saturated heterocycles. The predicted octanol–water partition coefficient (Wildman–Crippen LogP) is 2.93. The van der Waals surface area contributed by atoms with Crippen molar-refractivity contribution in [3.63, 3.8) is 0 Å². The van der Waals surface area contributed by atoms with Crippen LogP contribution in [0.2, 0.25) is 0 Å². The first-order chi connectivity index (χ1) is 12.7. The second kappa shape index (κ2) is 6.07. The van der Waals surface area contributed by atoms with Crippen LogP contribution in [-0.4, -0.2) is 42.7 Å². The van der Waals surface area contributed by atoms with Crippen molar-refractivity contribution >= 4 is 11.6 Å². The van der Waals surface area contributed by atoms with E-state index < -0.39 is 17.8 Å². The van der Waals surface area contributed by atoms with E-state index in [0.29, 0.717) is 10.4 Å². The summed E-state index contributed by atoms with van der Waals surface area (Å²) in [7, 11) is 1.57. The van der Waals surface area contributed by atoms with Gasteiger partial charge in [-0.05, 0) is 31.9 Å². The summed E-state index contributed by atoms with van der Waals surface area (Å²) in [5, 5.41) is 10.9. The third-order valence-electron chi connectivity index (χ3n) is 4.52. The van der Waals surface area contributed by atoms with Crippen molar-refractivity contribution in [3.8, 4) is 0 Å². The molecule has 0 aromatic carbocycles. The summed E-state index contributed by atoms with van der Waals surface area (Å²) in [6, 6.07) is 2.82. The number of nitrogens with zero attached hydrogens (tertiary/aromatic N) is 5. The second-order valence-corrected chi connectivity index (χ2v) is 6.83. The Hall–Kier alpha value is -2.91. The average Bonchev–Trinajstić information content (AvgIpc) is 3.20. The number of amides is 1. The van der Waals surface area contributed by atoms with Gasteiger partial charge in [0.2, 0.25) is 0 Å². The number of rotatable bonds is 4. The van der Waals surface area contributed by atoms with Gasteiger partial charge in [-0.2, -0.15) is 23.4 Å². The number of carbonyl (C=O) groups excluding carboxylic acids is 1. The minimum Gasteiger partial charge on any atom is -0.336 e. The van der Waals surface area contributed by atoms with Gasteiger partial charge >= 0.3 is 6.18 Å². The van der Waals surface area contributed by atoms with Crippen molar-refractivity contribution in [2.24, 2.45) is 0 Å². The maximum atomic E-state index is 13.2. The number of aromatic amines is 1. The molecule has 10 heteroatoms. The van der Waals surface area contributed by atoms with Crippen LogP contribution >= 0.6 is 0 Å². The van der Waals surface area contributed by atoms with Crippen molar-refractivity contribution in [3.05, 3.63) is 46.7 Å². The summed E-state index contributed by atoms with van der Waals surface area (Å²) in [5.41, 5.74) is 0.860. The number of hydrogen-bond acceptors (Lipinski definition) is 4. The molecule has 142 valence electrons. The van der Waals surface area contributed by atoms with Gasteiger partial charge in [0, 0.05) is 18.7 Å². The van der Waals surface area contributed by atoms with E-state index in [4.69, 9.17) is 0 Å². The highest BCUT2D eigenvalue weighted by atomic mass is 19.4. The topological polar surface area (TPSA) is 79.2 Å². The Bertz CT molecular complexity index is 1020. The summed E-state index contributed by atoms with van der Waals surface area (Å²) in [6.07, 6.45) is -1.24. The molecular weight excluding hydrogens is 361 g/mol. The fraction of sp³-hybridized carbons (Fsp3) is 0.412. The number of H-pyrrole nitrogens is 1. The van der Waals surface area contributed by atoms with E-state index in [1.165, 1.54) is 11.8 Å². The Labute approximate surface area is 152 Å². The van der Waals surface area contributed by atoms with Gasteiger partial charge in [0.1, 0.15) is 11.3 Å². The van der Waals surface area contributed by atoms with E-state index in [9.17, 15) is 18.0 Å². The zero-order valence-corrected chi connectivity index (χ0v) is 14.7. The average molecular weight is 378 g/mol. The molecule has 1 N–H and O–H groups in total. The molecule has 0 aliphatic heterocycles. The highest BCUT2D eigenvalue weighted by molar-refractivity contribution is 5.99. The molecule has 0 radical (unpaired) electrons. The molecule has 3 aromatic heterocycles. The van der Waals surface area contributed by atoms with Crippen molar-refractivity contribution < 1.29 is 18.0 Å². The molecule has 0 bridgehead atoms. The summed E-state index contributed by atoms with van der Waals surface area (Å²) >= 11 is 0. The molecular formula is C17H17F3N6O. The lowest BCUT2D eigenvalue weighted by atomic mass is 10.2. The molecule has 1 amide bonds. The predicted molar refractivity (Wildman–Crippen MR) is 89.1 cm³/mol. The van der Waals surface area contributed by atoms with Gasteiger partial charge in [-0.25, -0.2) is 9.50 Å². The number of fused-ring (bicyclic) bond motifs is 1. The lowest BCUT2D eigenvalue weighted by molar-refractivity contribution is -0.142. The Balaban J connectivity index is 1.62. The zero-order valence-electron chi connectivity index (χ0n) is 14.7. The number of hydrogen-bond donors (Lipinski definition) is 1. The van der Waals surface area contributed by atoms with E-state index >= 15 is 0 Å². The van der Waals surface area contributed by atoms with Crippen LogP contribution in [0.1, 0.15) is 51.9 Å². The van der Waals surface area contributed by atoms with Gasteiger partial charge in [-0.15, -0.1) is 0 Å². The van der Waals surface area contributed by atoms with E-state index in [1.54, 1.807) is 7.05 Å². The second-order valence-electron chi connectivity index (χ2n) is 6.83. The van der Waals surface area contributed by atoms with E-state index in [0.717, 1.165) is 36.5 Å². The molecule has 4 rings (SSSR count). The molecule has 0 spiro atoms.